The fourth-order valence-electron chi connectivity index (χ4n) is 2.02. The molecule has 2 aromatic rings. The summed E-state index contributed by atoms with van der Waals surface area (Å²) in [5.41, 5.74) is -0.306. The molecule has 126 valence electrons. The first-order valence-electron chi connectivity index (χ1n) is 6.87. The number of rotatable bonds is 4. The Morgan fingerprint density at radius 1 is 1.16 bits per heavy atom. The Labute approximate surface area is 144 Å². The molecule has 1 aromatic heterocycles. The Bertz CT molecular complexity index is 898. The van der Waals surface area contributed by atoms with Gasteiger partial charge in [0.05, 0.1) is 28.0 Å². The van der Waals surface area contributed by atoms with Gasteiger partial charge in [-0.05, 0) is 42.1 Å². The maximum atomic E-state index is 11.9. The molecule has 1 amide bonds. The van der Waals surface area contributed by atoms with Crippen LogP contribution in [-0.2, 0) is 4.79 Å². The van der Waals surface area contributed by atoms with Crippen molar-refractivity contribution >= 4 is 46.5 Å². The number of nitrogens with one attached hydrogen (secondary N) is 1. The molecule has 2 heterocycles. The lowest BCUT2D eigenvalue weighted by Crippen LogP contribution is -2.19. The zero-order valence-electron chi connectivity index (χ0n) is 12.4. The normalized spacial score (nSPS) is 17.0. The summed E-state index contributed by atoms with van der Waals surface area (Å²) in [6.45, 7) is 0. The number of carbonyl (C=O) groups excluding carboxylic acids is 1. The second-order valence-corrected chi connectivity index (χ2v) is 5.91. The molecule has 8 nitrogen and oxygen atoms in total. The summed E-state index contributed by atoms with van der Waals surface area (Å²) in [5, 5.41) is 20.9. The summed E-state index contributed by atoms with van der Waals surface area (Å²) in [5.74, 6) is -2.43. The topological polar surface area (TPSA) is 129 Å². The lowest BCUT2D eigenvalue weighted by atomic mass is 10.1. The van der Waals surface area contributed by atoms with Crippen molar-refractivity contribution in [3.05, 3.63) is 58.4 Å². The SMILES string of the molecule is O=C1NC(=Nc2cc(C(=O)O)cc(C(=O)O)c2)SC1=Cc1ccco1. The zero-order valence-corrected chi connectivity index (χ0v) is 13.2. The van der Waals surface area contributed by atoms with Crippen LogP contribution in [0.1, 0.15) is 26.5 Å². The van der Waals surface area contributed by atoms with Gasteiger partial charge in [0.25, 0.3) is 5.91 Å². The molecule has 0 saturated carbocycles. The van der Waals surface area contributed by atoms with Crippen LogP contribution < -0.4 is 5.32 Å². The number of aromatic carboxylic acids is 2. The van der Waals surface area contributed by atoms with Crippen LogP contribution in [0.3, 0.4) is 0 Å². The van der Waals surface area contributed by atoms with Crippen molar-refractivity contribution in [1.82, 2.24) is 5.32 Å². The minimum atomic E-state index is -1.27. The van der Waals surface area contributed by atoms with Gasteiger partial charge in [-0.1, -0.05) is 0 Å². The van der Waals surface area contributed by atoms with Crippen LogP contribution in [0.2, 0.25) is 0 Å². The number of carboxylic acids is 2. The van der Waals surface area contributed by atoms with Gasteiger partial charge < -0.3 is 19.9 Å². The first kappa shape index (κ1) is 16.5. The first-order valence-corrected chi connectivity index (χ1v) is 7.69. The Hall–Kier alpha value is -3.33. The second-order valence-electron chi connectivity index (χ2n) is 4.88. The quantitative estimate of drug-likeness (QED) is 0.716. The molecule has 0 spiro atoms. The zero-order chi connectivity index (χ0) is 18.0. The molecule has 3 rings (SSSR count). The van der Waals surface area contributed by atoms with Crippen molar-refractivity contribution in [2.24, 2.45) is 4.99 Å². The summed E-state index contributed by atoms with van der Waals surface area (Å²) >= 11 is 1.04. The highest BCUT2D eigenvalue weighted by atomic mass is 32.2. The van der Waals surface area contributed by atoms with Crippen LogP contribution in [0.4, 0.5) is 5.69 Å². The van der Waals surface area contributed by atoms with Gasteiger partial charge in [0, 0.05) is 6.08 Å². The fourth-order valence-corrected chi connectivity index (χ4v) is 2.84. The van der Waals surface area contributed by atoms with E-state index >= 15 is 0 Å². The first-order chi connectivity index (χ1) is 11.9. The van der Waals surface area contributed by atoms with E-state index in [1.807, 2.05) is 0 Å². The fraction of sp³-hybridized carbons (Fsp3) is 0. The molecule has 0 radical (unpaired) electrons. The van der Waals surface area contributed by atoms with Crippen molar-refractivity contribution in [2.75, 3.05) is 0 Å². The lowest BCUT2D eigenvalue weighted by molar-refractivity contribution is -0.115. The summed E-state index contributed by atoms with van der Waals surface area (Å²) in [6.07, 6.45) is 3.02. The molecule has 1 aromatic carbocycles. The standard InChI is InChI=1S/C16H10N2O6S/c19-13-12(7-11-2-1-3-24-11)25-16(18-13)17-10-5-8(14(20)21)4-9(6-10)15(22)23/h1-7H,(H,20,21)(H,22,23)(H,17,18,19). The van der Waals surface area contributed by atoms with Gasteiger partial charge in [0.1, 0.15) is 5.76 Å². The number of hydrogen-bond acceptors (Lipinski definition) is 6. The molecule has 0 atom stereocenters. The molecule has 0 bridgehead atoms. The third-order valence-corrected chi connectivity index (χ3v) is 4.02. The van der Waals surface area contributed by atoms with Gasteiger partial charge in [0.15, 0.2) is 5.17 Å². The summed E-state index contributed by atoms with van der Waals surface area (Å²) in [6, 6.07) is 6.86. The van der Waals surface area contributed by atoms with Crippen LogP contribution in [0.5, 0.6) is 0 Å². The molecule has 1 aliphatic rings. The number of benzene rings is 1. The van der Waals surface area contributed by atoms with Crippen molar-refractivity contribution < 1.29 is 29.0 Å². The van der Waals surface area contributed by atoms with E-state index in [1.165, 1.54) is 18.4 Å². The van der Waals surface area contributed by atoms with Crippen LogP contribution in [0.15, 0.2) is 50.9 Å². The van der Waals surface area contributed by atoms with Crippen molar-refractivity contribution in [3.8, 4) is 0 Å². The Morgan fingerprint density at radius 2 is 1.84 bits per heavy atom. The largest absolute Gasteiger partial charge is 0.478 e. The number of furan rings is 1. The van der Waals surface area contributed by atoms with E-state index in [2.05, 4.69) is 10.3 Å². The molecule has 0 unspecified atom stereocenters. The van der Waals surface area contributed by atoms with Crippen molar-refractivity contribution in [2.45, 2.75) is 0 Å². The predicted octanol–water partition coefficient (Wildman–Crippen LogP) is 2.57. The third-order valence-electron chi connectivity index (χ3n) is 3.11. The van der Waals surface area contributed by atoms with Gasteiger partial charge in [0.2, 0.25) is 0 Å². The molecular weight excluding hydrogens is 348 g/mol. The predicted molar refractivity (Wildman–Crippen MR) is 89.9 cm³/mol. The van der Waals surface area contributed by atoms with E-state index in [9.17, 15) is 14.4 Å². The minimum Gasteiger partial charge on any atom is -0.478 e. The molecular formula is C16H10N2O6S. The third kappa shape index (κ3) is 3.78. The second kappa shape index (κ2) is 6.65. The molecule has 25 heavy (non-hydrogen) atoms. The average molecular weight is 358 g/mol. The van der Waals surface area contributed by atoms with Gasteiger partial charge >= 0.3 is 11.9 Å². The Kier molecular flexibility index (Phi) is 4.40. The number of amides is 1. The lowest BCUT2D eigenvalue weighted by Gasteiger charge is -2.02. The Balaban J connectivity index is 1.92. The number of nitrogens with zero attached hydrogens (tertiary/aromatic N) is 1. The molecule has 9 heteroatoms. The maximum Gasteiger partial charge on any atom is 0.335 e. The highest BCUT2D eigenvalue weighted by Crippen LogP contribution is 2.28. The number of hydrogen-bond donors (Lipinski definition) is 3. The Morgan fingerprint density at radius 3 is 2.40 bits per heavy atom. The monoisotopic (exact) mass is 358 g/mol. The number of carbonyl (C=O) groups is 3. The van der Waals surface area contributed by atoms with Crippen molar-refractivity contribution in [1.29, 1.82) is 0 Å². The molecule has 1 aliphatic heterocycles. The van der Waals surface area contributed by atoms with E-state index in [-0.39, 0.29) is 27.9 Å². The smallest absolute Gasteiger partial charge is 0.335 e. The van der Waals surface area contributed by atoms with Gasteiger partial charge in [-0.3, -0.25) is 4.79 Å². The number of thioether (sulfide) groups is 1. The van der Waals surface area contributed by atoms with E-state index in [0.29, 0.717) is 10.7 Å². The number of aliphatic imine (C=N–C) groups is 1. The van der Waals surface area contributed by atoms with Crippen LogP contribution in [-0.4, -0.2) is 33.2 Å². The highest BCUT2D eigenvalue weighted by Gasteiger charge is 2.24. The molecule has 1 saturated heterocycles. The van der Waals surface area contributed by atoms with Crippen LogP contribution in [0.25, 0.3) is 6.08 Å². The number of carboxylic acid groups (broad SMARTS) is 2. The van der Waals surface area contributed by atoms with Crippen LogP contribution in [0, 0.1) is 0 Å². The van der Waals surface area contributed by atoms with Crippen LogP contribution >= 0.6 is 11.8 Å². The maximum absolute atomic E-state index is 11.9. The molecule has 0 aliphatic carbocycles. The molecule has 1 fully saturated rings. The van der Waals surface area contributed by atoms with E-state index < -0.39 is 11.9 Å². The summed E-state index contributed by atoms with van der Waals surface area (Å²) in [4.78, 5) is 38.6. The average Bonchev–Trinajstić information content (AvgIpc) is 3.17. The summed E-state index contributed by atoms with van der Waals surface area (Å²) < 4.78 is 5.14. The minimum absolute atomic E-state index is 0.111. The van der Waals surface area contributed by atoms with E-state index in [4.69, 9.17) is 14.6 Å². The van der Waals surface area contributed by atoms with Crippen molar-refractivity contribution in [3.63, 3.8) is 0 Å². The summed E-state index contributed by atoms with van der Waals surface area (Å²) in [7, 11) is 0. The van der Waals surface area contributed by atoms with Gasteiger partial charge in [-0.2, -0.15) is 0 Å². The van der Waals surface area contributed by atoms with Gasteiger partial charge in [-0.15, -0.1) is 0 Å². The van der Waals surface area contributed by atoms with Gasteiger partial charge in [-0.25, -0.2) is 14.6 Å². The highest BCUT2D eigenvalue weighted by molar-refractivity contribution is 8.18. The van der Waals surface area contributed by atoms with E-state index in [0.717, 1.165) is 17.8 Å². The number of amidine groups is 1. The van der Waals surface area contributed by atoms with E-state index in [1.54, 1.807) is 18.2 Å². The molecule has 3 N–H and O–H groups in total.